The van der Waals surface area contributed by atoms with Gasteiger partial charge in [-0.3, -0.25) is 19.1 Å². The molecule has 1 saturated heterocycles. The minimum absolute atomic E-state index is 0.00265. The molecule has 0 aromatic carbocycles. The van der Waals surface area contributed by atoms with Crippen LogP contribution in [0.1, 0.15) is 18.2 Å². The van der Waals surface area contributed by atoms with E-state index in [1.807, 2.05) is 0 Å². The lowest BCUT2D eigenvalue weighted by Gasteiger charge is -2.18. The number of alkyl halides is 3. The molecule has 4 N–H and O–H groups in total. The van der Waals surface area contributed by atoms with E-state index in [0.29, 0.717) is 5.56 Å². The normalized spacial score (nSPS) is 25.1. The predicted molar refractivity (Wildman–Crippen MR) is 91.0 cm³/mol. The van der Waals surface area contributed by atoms with E-state index in [1.54, 1.807) is 12.2 Å². The molecule has 9 nitrogen and oxygen atoms in total. The number of aryl methyl sites for hydroxylation is 1. The number of rotatable bonds is 7. The Morgan fingerprint density at radius 3 is 2.75 bits per heavy atom. The Kier molecular flexibility index (Phi) is 7.33. The molecule has 0 saturated carbocycles. The van der Waals surface area contributed by atoms with Crippen LogP contribution in [0.15, 0.2) is 11.0 Å². The number of aliphatic hydroxyl groups excluding tert-OH is 2. The van der Waals surface area contributed by atoms with Crippen molar-refractivity contribution in [1.82, 2.24) is 14.9 Å². The highest BCUT2D eigenvalue weighted by molar-refractivity contribution is 7.71. The molecule has 0 unspecified atom stereocenters. The Morgan fingerprint density at radius 1 is 1.43 bits per heavy atom. The Bertz CT molecular complexity index is 811. The van der Waals surface area contributed by atoms with Crippen molar-refractivity contribution < 1.29 is 37.7 Å². The van der Waals surface area contributed by atoms with Crippen LogP contribution < -0.4 is 10.9 Å². The fourth-order valence-electron chi connectivity index (χ4n) is 2.55. The van der Waals surface area contributed by atoms with Crippen molar-refractivity contribution in [1.29, 1.82) is 0 Å². The zero-order chi connectivity index (χ0) is 21.1. The van der Waals surface area contributed by atoms with Gasteiger partial charge in [-0.15, -0.1) is 0 Å². The van der Waals surface area contributed by atoms with E-state index in [9.17, 15) is 33.0 Å². The first kappa shape index (κ1) is 22.5. The summed E-state index contributed by atoms with van der Waals surface area (Å²) in [6.07, 6.45) is -8.03. The number of carbonyl (C=O) groups excluding carboxylic acids is 1. The van der Waals surface area contributed by atoms with Crippen molar-refractivity contribution in [3.63, 3.8) is 0 Å². The molecule has 158 valence electrons. The van der Waals surface area contributed by atoms with Gasteiger partial charge >= 0.3 is 12.1 Å². The monoisotopic (exact) mass is 427 g/mol. The predicted octanol–water partition coefficient (Wildman–Crippen LogP) is -0.0813. The standard InChI is InChI=1S/C15H20F3N3O6S/c1-7-5-21(14(28)20-11(7)24)12-10(23)9(22)8(27-12)6-26-4-2-3-19-13(25)15(16,17)18/h5,8-10,12,22-23H,2-4,6H2,1H3,(H,19,25)(H,20,24,28)/t8-,9-,10-,12-/m1/s1. The number of nitrogens with zero attached hydrogens (tertiary/aromatic N) is 1. The largest absolute Gasteiger partial charge is 0.471 e. The van der Waals surface area contributed by atoms with Crippen LogP contribution >= 0.6 is 12.2 Å². The maximum absolute atomic E-state index is 12.0. The fourth-order valence-corrected chi connectivity index (χ4v) is 2.80. The first-order valence-corrected chi connectivity index (χ1v) is 8.69. The van der Waals surface area contributed by atoms with E-state index >= 15 is 0 Å². The van der Waals surface area contributed by atoms with Gasteiger partial charge in [0.2, 0.25) is 0 Å². The summed E-state index contributed by atoms with van der Waals surface area (Å²) in [6.45, 7) is 1.17. The van der Waals surface area contributed by atoms with Gasteiger partial charge in [-0.2, -0.15) is 13.2 Å². The first-order chi connectivity index (χ1) is 13.0. The summed E-state index contributed by atoms with van der Waals surface area (Å²) in [7, 11) is 0. The highest BCUT2D eigenvalue weighted by Gasteiger charge is 2.44. The van der Waals surface area contributed by atoms with Gasteiger partial charge in [-0.25, -0.2) is 0 Å². The molecule has 1 aromatic rings. The molecule has 0 spiro atoms. The molecule has 0 aliphatic carbocycles. The second-order valence-electron chi connectivity index (χ2n) is 6.21. The maximum atomic E-state index is 12.0. The number of aromatic nitrogens is 2. The molecule has 28 heavy (non-hydrogen) atoms. The van der Waals surface area contributed by atoms with Crippen LogP contribution in [-0.4, -0.2) is 69.9 Å². The minimum Gasteiger partial charge on any atom is -0.387 e. The van der Waals surface area contributed by atoms with Crippen molar-refractivity contribution in [2.75, 3.05) is 19.8 Å². The van der Waals surface area contributed by atoms with E-state index in [0.717, 1.165) is 0 Å². The van der Waals surface area contributed by atoms with Gasteiger partial charge in [-0.05, 0) is 25.6 Å². The zero-order valence-corrected chi connectivity index (χ0v) is 15.5. The van der Waals surface area contributed by atoms with Crippen molar-refractivity contribution in [2.24, 2.45) is 0 Å². The molecule has 4 atom stereocenters. The summed E-state index contributed by atoms with van der Waals surface area (Å²) in [6, 6.07) is 0. The Morgan fingerprint density at radius 2 is 2.11 bits per heavy atom. The summed E-state index contributed by atoms with van der Waals surface area (Å²) >= 11 is 5.04. The van der Waals surface area contributed by atoms with Crippen LogP contribution in [0.2, 0.25) is 0 Å². The van der Waals surface area contributed by atoms with Crippen LogP contribution in [0.3, 0.4) is 0 Å². The molecule has 13 heteroatoms. The lowest BCUT2D eigenvalue weighted by Crippen LogP contribution is -2.37. The number of halogens is 3. The van der Waals surface area contributed by atoms with Gasteiger partial charge in [0.25, 0.3) is 5.56 Å². The van der Waals surface area contributed by atoms with Crippen molar-refractivity contribution in [3.8, 4) is 0 Å². The second-order valence-corrected chi connectivity index (χ2v) is 6.59. The molecular weight excluding hydrogens is 407 g/mol. The molecule has 1 fully saturated rings. The van der Waals surface area contributed by atoms with Crippen LogP contribution in [0.25, 0.3) is 0 Å². The molecule has 1 aliphatic heterocycles. The average molecular weight is 427 g/mol. The second kappa shape index (κ2) is 9.13. The number of hydrogen-bond acceptors (Lipinski definition) is 7. The molecule has 1 aliphatic rings. The van der Waals surface area contributed by atoms with Gasteiger partial charge in [0, 0.05) is 24.9 Å². The van der Waals surface area contributed by atoms with Gasteiger partial charge < -0.3 is 25.0 Å². The number of hydrogen-bond donors (Lipinski definition) is 4. The minimum atomic E-state index is -4.94. The number of nitrogens with one attached hydrogen (secondary N) is 2. The molecule has 0 bridgehead atoms. The zero-order valence-electron chi connectivity index (χ0n) is 14.7. The van der Waals surface area contributed by atoms with E-state index in [4.69, 9.17) is 21.7 Å². The highest BCUT2D eigenvalue weighted by atomic mass is 32.1. The quantitative estimate of drug-likeness (QED) is 0.354. The number of H-pyrrole nitrogens is 1. The van der Waals surface area contributed by atoms with Crippen molar-refractivity contribution in [3.05, 3.63) is 26.9 Å². The third-order valence-corrected chi connectivity index (χ3v) is 4.36. The van der Waals surface area contributed by atoms with E-state index in [-0.39, 0.29) is 36.5 Å². The smallest absolute Gasteiger partial charge is 0.387 e. The Hall–Kier alpha value is -1.80. The van der Waals surface area contributed by atoms with Crippen molar-refractivity contribution in [2.45, 2.75) is 44.1 Å². The lowest BCUT2D eigenvalue weighted by molar-refractivity contribution is -0.173. The van der Waals surface area contributed by atoms with Crippen LogP contribution in [0.5, 0.6) is 0 Å². The molecule has 2 rings (SSSR count). The van der Waals surface area contributed by atoms with E-state index < -0.39 is 36.6 Å². The van der Waals surface area contributed by atoms with E-state index in [2.05, 4.69) is 4.98 Å². The van der Waals surface area contributed by atoms with Crippen LogP contribution in [-0.2, 0) is 14.3 Å². The number of aliphatic hydroxyl groups is 2. The first-order valence-electron chi connectivity index (χ1n) is 8.28. The number of carbonyl (C=O) groups is 1. The average Bonchev–Trinajstić information content (AvgIpc) is 2.88. The summed E-state index contributed by atoms with van der Waals surface area (Å²) in [4.78, 5) is 24.6. The number of ether oxygens (including phenoxy) is 2. The van der Waals surface area contributed by atoms with Crippen LogP contribution in [0, 0.1) is 11.7 Å². The fraction of sp³-hybridized carbons (Fsp3) is 0.667. The van der Waals surface area contributed by atoms with Crippen LogP contribution in [0.4, 0.5) is 13.2 Å². The Balaban J connectivity index is 1.83. The third-order valence-electron chi connectivity index (χ3n) is 4.05. The molecule has 0 radical (unpaired) electrons. The Labute approximate surface area is 162 Å². The number of aromatic amines is 1. The summed E-state index contributed by atoms with van der Waals surface area (Å²) < 4.78 is 48.2. The topological polar surface area (TPSA) is 126 Å². The lowest BCUT2D eigenvalue weighted by atomic mass is 10.1. The van der Waals surface area contributed by atoms with E-state index in [1.165, 1.54) is 10.8 Å². The highest BCUT2D eigenvalue weighted by Crippen LogP contribution is 2.29. The molecule has 2 heterocycles. The molecule has 1 amide bonds. The SMILES string of the molecule is Cc1cn([C@@H]2O[C@H](COCCCNC(=O)C(F)(F)F)[C@@H](O)[C@H]2O)c(=S)[nH]c1=O. The summed E-state index contributed by atoms with van der Waals surface area (Å²) in [5, 5.41) is 22.0. The number of amides is 1. The molecule has 1 aromatic heterocycles. The van der Waals surface area contributed by atoms with Crippen molar-refractivity contribution >= 4 is 18.1 Å². The van der Waals surface area contributed by atoms with Gasteiger partial charge in [0.15, 0.2) is 11.0 Å². The maximum Gasteiger partial charge on any atom is 0.471 e. The summed E-state index contributed by atoms with van der Waals surface area (Å²) in [5.41, 5.74) is -0.0497. The third kappa shape index (κ3) is 5.38. The van der Waals surface area contributed by atoms with Gasteiger partial charge in [-0.1, -0.05) is 0 Å². The van der Waals surface area contributed by atoms with Gasteiger partial charge in [0.05, 0.1) is 6.61 Å². The molecular formula is C15H20F3N3O6S. The summed E-state index contributed by atoms with van der Waals surface area (Å²) in [5.74, 6) is -2.03. The van der Waals surface area contributed by atoms with Gasteiger partial charge in [0.1, 0.15) is 18.3 Å².